The van der Waals surface area contributed by atoms with E-state index in [1.807, 2.05) is 0 Å². The predicted octanol–water partition coefficient (Wildman–Crippen LogP) is 3.62. The van der Waals surface area contributed by atoms with Crippen molar-refractivity contribution in [3.63, 3.8) is 0 Å². The fraction of sp³-hybridized carbons (Fsp3) is 0.864. The van der Waals surface area contributed by atoms with Gasteiger partial charge in [-0.2, -0.15) is 0 Å². The van der Waals surface area contributed by atoms with Crippen LogP contribution >= 0.6 is 11.3 Å². The lowest BCUT2D eigenvalue weighted by molar-refractivity contribution is -0.0327. The van der Waals surface area contributed by atoms with E-state index < -0.39 is 5.60 Å². The first-order valence-electron chi connectivity index (χ1n) is 11.3. The molecule has 1 unspecified atom stereocenters. The SMILES string of the molecule is COCC1CCCN1Cc1nc(C2(O)CCN(CC3CCCCC3)CC2)cs1. The average molecular weight is 408 g/mol. The summed E-state index contributed by atoms with van der Waals surface area (Å²) in [4.78, 5) is 9.94. The van der Waals surface area contributed by atoms with Crippen LogP contribution in [0.1, 0.15) is 68.5 Å². The molecule has 3 fully saturated rings. The summed E-state index contributed by atoms with van der Waals surface area (Å²) in [6, 6.07) is 0.517. The van der Waals surface area contributed by atoms with E-state index in [0.29, 0.717) is 6.04 Å². The van der Waals surface area contributed by atoms with E-state index in [1.165, 1.54) is 51.5 Å². The van der Waals surface area contributed by atoms with Gasteiger partial charge in [0.1, 0.15) is 10.6 Å². The van der Waals surface area contributed by atoms with Crippen molar-refractivity contribution >= 4 is 11.3 Å². The van der Waals surface area contributed by atoms with Gasteiger partial charge in [0.25, 0.3) is 0 Å². The summed E-state index contributed by atoms with van der Waals surface area (Å²) in [5.41, 5.74) is 0.182. The normalized spacial score (nSPS) is 27.4. The van der Waals surface area contributed by atoms with Gasteiger partial charge in [0.2, 0.25) is 0 Å². The maximum atomic E-state index is 11.3. The highest BCUT2D eigenvalue weighted by Gasteiger charge is 2.37. The number of piperidine rings is 1. The molecule has 1 saturated carbocycles. The number of aliphatic hydroxyl groups is 1. The van der Waals surface area contributed by atoms with Gasteiger partial charge in [0.05, 0.1) is 18.8 Å². The number of ether oxygens (including phenoxy) is 1. The molecule has 0 amide bonds. The Hall–Kier alpha value is -0.530. The number of methoxy groups -OCH3 is 1. The van der Waals surface area contributed by atoms with Crippen molar-refractivity contribution in [1.82, 2.24) is 14.8 Å². The molecule has 1 aromatic heterocycles. The zero-order valence-electron chi connectivity index (χ0n) is 17.4. The highest BCUT2D eigenvalue weighted by atomic mass is 32.1. The molecule has 0 aromatic carbocycles. The van der Waals surface area contributed by atoms with Crippen LogP contribution in [-0.4, -0.2) is 65.8 Å². The molecule has 1 N–H and O–H groups in total. The molecule has 1 atom stereocenters. The van der Waals surface area contributed by atoms with Crippen molar-refractivity contribution < 1.29 is 9.84 Å². The molecule has 3 aliphatic rings. The van der Waals surface area contributed by atoms with Gasteiger partial charge in [-0.3, -0.25) is 4.90 Å². The van der Waals surface area contributed by atoms with E-state index in [-0.39, 0.29) is 0 Å². The third kappa shape index (κ3) is 4.96. The standard InChI is InChI=1S/C22H37N3O2S/c1-27-16-19-8-5-11-25(19)15-21-23-20(17-28-21)22(26)9-12-24(13-10-22)14-18-6-3-2-4-7-18/h17-19,26H,2-16H2,1H3. The second-order valence-corrected chi connectivity index (χ2v) is 10.1. The summed E-state index contributed by atoms with van der Waals surface area (Å²) in [5, 5.41) is 14.5. The van der Waals surface area contributed by atoms with Crippen molar-refractivity contribution in [2.24, 2.45) is 5.92 Å². The molecule has 3 heterocycles. The Morgan fingerprint density at radius 2 is 1.93 bits per heavy atom. The second-order valence-electron chi connectivity index (χ2n) is 9.18. The minimum Gasteiger partial charge on any atom is -0.383 e. The summed E-state index contributed by atoms with van der Waals surface area (Å²) >= 11 is 1.71. The fourth-order valence-corrected chi connectivity index (χ4v) is 6.26. The largest absolute Gasteiger partial charge is 0.383 e. The molecular formula is C22H37N3O2S. The first kappa shape index (κ1) is 20.7. The zero-order valence-corrected chi connectivity index (χ0v) is 18.3. The van der Waals surface area contributed by atoms with Gasteiger partial charge in [-0.1, -0.05) is 19.3 Å². The summed E-state index contributed by atoms with van der Waals surface area (Å²) < 4.78 is 5.37. The Labute approximate surface area is 174 Å². The van der Waals surface area contributed by atoms with Gasteiger partial charge in [0.15, 0.2) is 0 Å². The minimum atomic E-state index is -0.727. The Kier molecular flexibility index (Phi) is 7.05. The first-order chi connectivity index (χ1) is 13.7. The summed E-state index contributed by atoms with van der Waals surface area (Å²) in [5.74, 6) is 0.881. The molecular weight excluding hydrogens is 370 g/mol. The first-order valence-corrected chi connectivity index (χ1v) is 12.2. The molecule has 28 heavy (non-hydrogen) atoms. The lowest BCUT2D eigenvalue weighted by Gasteiger charge is -2.39. The quantitative estimate of drug-likeness (QED) is 0.748. The van der Waals surface area contributed by atoms with E-state index in [1.54, 1.807) is 18.4 Å². The van der Waals surface area contributed by atoms with Crippen LogP contribution in [0, 0.1) is 5.92 Å². The van der Waals surface area contributed by atoms with Crippen molar-refractivity contribution in [2.45, 2.75) is 76.0 Å². The maximum Gasteiger partial charge on any atom is 0.110 e. The van der Waals surface area contributed by atoms with Gasteiger partial charge in [0, 0.05) is 38.2 Å². The summed E-state index contributed by atoms with van der Waals surface area (Å²) in [6.07, 6.45) is 11.1. The number of rotatable bonds is 7. The van der Waals surface area contributed by atoms with E-state index in [4.69, 9.17) is 9.72 Å². The number of thiazole rings is 1. The highest BCUT2D eigenvalue weighted by Crippen LogP contribution is 2.35. The van der Waals surface area contributed by atoms with Gasteiger partial charge < -0.3 is 14.7 Å². The van der Waals surface area contributed by atoms with Gasteiger partial charge in [-0.05, 0) is 51.0 Å². The van der Waals surface area contributed by atoms with Crippen LogP contribution in [-0.2, 0) is 16.9 Å². The van der Waals surface area contributed by atoms with Crippen LogP contribution in [0.5, 0.6) is 0 Å². The van der Waals surface area contributed by atoms with Crippen LogP contribution in [0.3, 0.4) is 0 Å². The smallest absolute Gasteiger partial charge is 0.110 e. The van der Waals surface area contributed by atoms with Crippen LogP contribution in [0.4, 0.5) is 0 Å². The van der Waals surface area contributed by atoms with Crippen molar-refractivity contribution in [3.05, 3.63) is 16.1 Å². The topological polar surface area (TPSA) is 48.8 Å². The van der Waals surface area contributed by atoms with E-state index in [0.717, 1.165) is 62.2 Å². The zero-order chi connectivity index (χ0) is 19.4. The average Bonchev–Trinajstić information content (AvgIpc) is 3.36. The molecule has 0 bridgehead atoms. The van der Waals surface area contributed by atoms with Crippen molar-refractivity contribution in [3.8, 4) is 0 Å². The number of aromatic nitrogens is 1. The van der Waals surface area contributed by atoms with Crippen LogP contribution in [0.15, 0.2) is 5.38 Å². The monoisotopic (exact) mass is 407 g/mol. The molecule has 0 radical (unpaired) electrons. The molecule has 4 rings (SSSR count). The van der Waals surface area contributed by atoms with Gasteiger partial charge in [-0.25, -0.2) is 4.98 Å². The third-order valence-electron chi connectivity index (χ3n) is 7.15. The Bertz CT molecular complexity index is 609. The minimum absolute atomic E-state index is 0.517. The lowest BCUT2D eigenvalue weighted by Crippen LogP contribution is -2.44. The molecule has 5 nitrogen and oxygen atoms in total. The molecule has 2 aliphatic heterocycles. The molecule has 6 heteroatoms. The fourth-order valence-electron chi connectivity index (χ4n) is 5.35. The number of hydrogen-bond donors (Lipinski definition) is 1. The third-order valence-corrected chi connectivity index (χ3v) is 7.98. The van der Waals surface area contributed by atoms with E-state index in [2.05, 4.69) is 15.2 Å². The van der Waals surface area contributed by atoms with E-state index >= 15 is 0 Å². The second kappa shape index (κ2) is 9.52. The molecule has 158 valence electrons. The lowest BCUT2D eigenvalue weighted by atomic mass is 9.86. The predicted molar refractivity (Wildman–Crippen MR) is 114 cm³/mol. The maximum absolute atomic E-state index is 11.3. The molecule has 2 saturated heterocycles. The summed E-state index contributed by atoms with van der Waals surface area (Å²) in [7, 11) is 1.79. The molecule has 1 aliphatic carbocycles. The number of hydrogen-bond acceptors (Lipinski definition) is 6. The highest BCUT2D eigenvalue weighted by molar-refractivity contribution is 7.09. The van der Waals surface area contributed by atoms with Crippen LogP contribution in [0.2, 0.25) is 0 Å². The Morgan fingerprint density at radius 3 is 2.68 bits per heavy atom. The van der Waals surface area contributed by atoms with Crippen LogP contribution < -0.4 is 0 Å². The molecule has 1 aromatic rings. The van der Waals surface area contributed by atoms with Gasteiger partial charge >= 0.3 is 0 Å². The van der Waals surface area contributed by atoms with Gasteiger partial charge in [-0.15, -0.1) is 11.3 Å². The Morgan fingerprint density at radius 1 is 1.14 bits per heavy atom. The van der Waals surface area contributed by atoms with Crippen molar-refractivity contribution in [2.75, 3.05) is 39.9 Å². The van der Waals surface area contributed by atoms with Crippen LogP contribution in [0.25, 0.3) is 0 Å². The van der Waals surface area contributed by atoms with E-state index in [9.17, 15) is 5.11 Å². The number of likely N-dealkylation sites (tertiary alicyclic amines) is 2. The van der Waals surface area contributed by atoms with Crippen molar-refractivity contribution in [1.29, 1.82) is 0 Å². The Balaban J connectivity index is 1.30. The number of nitrogens with zero attached hydrogens (tertiary/aromatic N) is 3. The summed E-state index contributed by atoms with van der Waals surface area (Å²) in [6.45, 7) is 6.06. The molecule has 0 spiro atoms.